The lowest BCUT2D eigenvalue weighted by molar-refractivity contribution is -0.121. The second-order valence-corrected chi connectivity index (χ2v) is 4.78. The molecule has 1 aromatic rings. The van der Waals surface area contributed by atoms with Crippen molar-refractivity contribution in [1.82, 2.24) is 15.1 Å². The molecule has 5 nitrogen and oxygen atoms in total. The van der Waals surface area contributed by atoms with Gasteiger partial charge >= 0.3 is 0 Å². The number of nitrogens with one attached hydrogen (secondary N) is 1. The van der Waals surface area contributed by atoms with E-state index in [1.54, 1.807) is 0 Å². The molecule has 0 aliphatic rings. The third-order valence-electron chi connectivity index (χ3n) is 3.13. The van der Waals surface area contributed by atoms with Gasteiger partial charge in [-0.3, -0.25) is 9.48 Å². The molecular formula is C12H22N4O. The third kappa shape index (κ3) is 3.06. The molecule has 0 saturated carbocycles. The summed E-state index contributed by atoms with van der Waals surface area (Å²) in [6, 6.07) is -0.297. The van der Waals surface area contributed by atoms with Crippen LogP contribution in [0.2, 0.25) is 0 Å². The molecule has 17 heavy (non-hydrogen) atoms. The van der Waals surface area contributed by atoms with Crippen LogP contribution >= 0.6 is 0 Å². The number of carbonyl (C=O) groups excluding carboxylic acids is 1. The molecule has 1 rings (SSSR count). The van der Waals surface area contributed by atoms with Crippen molar-refractivity contribution in [2.45, 2.75) is 40.3 Å². The summed E-state index contributed by atoms with van der Waals surface area (Å²) in [5.74, 6) is -0.121. The number of aryl methyl sites for hydroxylation is 2. The number of amides is 1. The van der Waals surface area contributed by atoms with Crippen LogP contribution in [-0.2, 0) is 18.4 Å². The van der Waals surface area contributed by atoms with Crippen LogP contribution in [0.5, 0.6) is 0 Å². The first-order chi connectivity index (χ1) is 7.84. The highest BCUT2D eigenvalue weighted by Crippen LogP contribution is 2.12. The quantitative estimate of drug-likeness (QED) is 0.790. The lowest BCUT2D eigenvalue weighted by Gasteiger charge is -2.19. The topological polar surface area (TPSA) is 72.9 Å². The summed E-state index contributed by atoms with van der Waals surface area (Å²) in [7, 11) is 1.92. The molecule has 3 N–H and O–H groups in total. The van der Waals surface area contributed by atoms with Gasteiger partial charge in [0, 0.05) is 24.8 Å². The van der Waals surface area contributed by atoms with Gasteiger partial charge in [0.1, 0.15) is 0 Å². The molecular weight excluding hydrogens is 216 g/mol. The summed E-state index contributed by atoms with van der Waals surface area (Å²) in [6.45, 7) is 8.57. The number of hydrogen-bond donors (Lipinski definition) is 2. The molecule has 0 aliphatic carbocycles. The van der Waals surface area contributed by atoms with Crippen molar-refractivity contribution in [3.63, 3.8) is 0 Å². The van der Waals surface area contributed by atoms with Gasteiger partial charge in [-0.2, -0.15) is 5.10 Å². The van der Waals surface area contributed by atoms with E-state index in [1.165, 1.54) is 0 Å². The SMILES string of the molecule is Cc1nn(C)c(C)c1CNC(C(N)=O)C(C)C. The van der Waals surface area contributed by atoms with Crippen LogP contribution in [0, 0.1) is 19.8 Å². The second kappa shape index (κ2) is 5.31. The van der Waals surface area contributed by atoms with E-state index in [0.717, 1.165) is 17.0 Å². The van der Waals surface area contributed by atoms with E-state index in [-0.39, 0.29) is 17.9 Å². The van der Waals surface area contributed by atoms with Gasteiger partial charge in [0.05, 0.1) is 11.7 Å². The van der Waals surface area contributed by atoms with Crippen LogP contribution in [0.3, 0.4) is 0 Å². The van der Waals surface area contributed by atoms with Crippen LogP contribution < -0.4 is 11.1 Å². The zero-order valence-electron chi connectivity index (χ0n) is 11.2. The number of carbonyl (C=O) groups is 1. The fourth-order valence-electron chi connectivity index (χ4n) is 1.95. The predicted molar refractivity (Wildman–Crippen MR) is 67.3 cm³/mol. The molecule has 0 saturated heterocycles. The fraction of sp³-hybridized carbons (Fsp3) is 0.667. The number of nitrogens with zero attached hydrogens (tertiary/aromatic N) is 2. The van der Waals surface area contributed by atoms with Crippen molar-refractivity contribution in [2.24, 2.45) is 18.7 Å². The maximum absolute atomic E-state index is 11.3. The molecule has 0 fully saturated rings. The third-order valence-corrected chi connectivity index (χ3v) is 3.13. The van der Waals surface area contributed by atoms with Gasteiger partial charge in [-0.1, -0.05) is 13.8 Å². The summed E-state index contributed by atoms with van der Waals surface area (Å²) >= 11 is 0. The molecule has 0 spiro atoms. The largest absolute Gasteiger partial charge is 0.368 e. The van der Waals surface area contributed by atoms with Crippen LogP contribution in [0.15, 0.2) is 0 Å². The molecule has 1 amide bonds. The molecule has 96 valence electrons. The number of nitrogens with two attached hydrogens (primary N) is 1. The zero-order chi connectivity index (χ0) is 13.2. The van der Waals surface area contributed by atoms with E-state index in [9.17, 15) is 4.79 Å². The average Bonchev–Trinajstić information content (AvgIpc) is 2.43. The van der Waals surface area contributed by atoms with Gasteiger partial charge in [-0.25, -0.2) is 0 Å². The highest BCUT2D eigenvalue weighted by atomic mass is 16.1. The Morgan fingerprint density at radius 1 is 1.47 bits per heavy atom. The molecule has 0 radical (unpaired) electrons. The zero-order valence-corrected chi connectivity index (χ0v) is 11.2. The maximum Gasteiger partial charge on any atom is 0.234 e. The lowest BCUT2D eigenvalue weighted by atomic mass is 10.0. The minimum absolute atomic E-state index is 0.185. The monoisotopic (exact) mass is 238 g/mol. The number of rotatable bonds is 5. The Kier molecular flexibility index (Phi) is 4.28. The van der Waals surface area contributed by atoms with Crippen molar-refractivity contribution in [2.75, 3.05) is 0 Å². The van der Waals surface area contributed by atoms with Gasteiger partial charge in [0.15, 0.2) is 0 Å². The van der Waals surface area contributed by atoms with Crippen molar-refractivity contribution >= 4 is 5.91 Å². The molecule has 5 heteroatoms. The van der Waals surface area contributed by atoms with E-state index >= 15 is 0 Å². The Morgan fingerprint density at radius 3 is 2.41 bits per heavy atom. The number of aromatic nitrogens is 2. The minimum Gasteiger partial charge on any atom is -0.368 e. The van der Waals surface area contributed by atoms with Crippen molar-refractivity contribution in [3.8, 4) is 0 Å². The van der Waals surface area contributed by atoms with Crippen LogP contribution in [0.4, 0.5) is 0 Å². The maximum atomic E-state index is 11.3. The molecule has 0 bridgehead atoms. The standard InChI is InChI=1S/C12H22N4O/c1-7(2)11(12(13)17)14-6-10-8(3)15-16(5)9(10)4/h7,11,14H,6H2,1-5H3,(H2,13,17). The minimum atomic E-state index is -0.306. The molecule has 1 aromatic heterocycles. The first kappa shape index (κ1) is 13.7. The molecule has 1 atom stereocenters. The number of hydrogen-bond acceptors (Lipinski definition) is 3. The van der Waals surface area contributed by atoms with E-state index in [2.05, 4.69) is 10.4 Å². The summed E-state index contributed by atoms with van der Waals surface area (Å²) in [5, 5.41) is 7.54. The van der Waals surface area contributed by atoms with E-state index < -0.39 is 0 Å². The Balaban J connectivity index is 2.75. The Bertz CT molecular complexity index is 409. The Hall–Kier alpha value is -1.36. The smallest absolute Gasteiger partial charge is 0.234 e. The molecule has 0 aromatic carbocycles. The molecule has 1 unspecified atom stereocenters. The van der Waals surface area contributed by atoms with Crippen molar-refractivity contribution in [3.05, 3.63) is 17.0 Å². The Morgan fingerprint density at radius 2 is 2.06 bits per heavy atom. The first-order valence-electron chi connectivity index (χ1n) is 5.86. The van der Waals surface area contributed by atoms with Gasteiger partial charge in [0.2, 0.25) is 5.91 Å². The lowest BCUT2D eigenvalue weighted by Crippen LogP contribution is -2.44. The normalized spacial score (nSPS) is 13.1. The van der Waals surface area contributed by atoms with E-state index in [1.807, 2.05) is 39.4 Å². The highest BCUT2D eigenvalue weighted by molar-refractivity contribution is 5.80. The molecule has 1 heterocycles. The van der Waals surface area contributed by atoms with Crippen LogP contribution in [0.25, 0.3) is 0 Å². The summed E-state index contributed by atoms with van der Waals surface area (Å²) < 4.78 is 1.85. The summed E-state index contributed by atoms with van der Waals surface area (Å²) in [6.07, 6.45) is 0. The molecule has 0 aliphatic heterocycles. The second-order valence-electron chi connectivity index (χ2n) is 4.78. The van der Waals surface area contributed by atoms with Gasteiger partial charge in [0.25, 0.3) is 0 Å². The number of primary amides is 1. The van der Waals surface area contributed by atoms with Crippen molar-refractivity contribution in [1.29, 1.82) is 0 Å². The Labute approximate surface area is 102 Å². The van der Waals surface area contributed by atoms with E-state index in [4.69, 9.17) is 5.73 Å². The van der Waals surface area contributed by atoms with Gasteiger partial charge < -0.3 is 11.1 Å². The summed E-state index contributed by atoms with van der Waals surface area (Å²) in [4.78, 5) is 11.3. The van der Waals surface area contributed by atoms with Gasteiger partial charge in [-0.05, 0) is 19.8 Å². The fourth-order valence-corrected chi connectivity index (χ4v) is 1.95. The van der Waals surface area contributed by atoms with Crippen LogP contribution in [0.1, 0.15) is 30.8 Å². The summed E-state index contributed by atoms with van der Waals surface area (Å²) in [5.41, 5.74) is 8.60. The van der Waals surface area contributed by atoms with E-state index in [0.29, 0.717) is 6.54 Å². The van der Waals surface area contributed by atoms with Crippen molar-refractivity contribution < 1.29 is 4.79 Å². The van der Waals surface area contributed by atoms with Gasteiger partial charge in [-0.15, -0.1) is 0 Å². The predicted octanol–water partition coefficient (Wildman–Crippen LogP) is 0.636. The highest BCUT2D eigenvalue weighted by Gasteiger charge is 2.20. The van der Waals surface area contributed by atoms with Crippen LogP contribution in [-0.4, -0.2) is 21.7 Å². The first-order valence-corrected chi connectivity index (χ1v) is 5.86. The average molecular weight is 238 g/mol.